The van der Waals surface area contributed by atoms with E-state index in [0.717, 1.165) is 22.6 Å². The summed E-state index contributed by atoms with van der Waals surface area (Å²) >= 11 is 6.14. The number of benzene rings is 1. The highest BCUT2D eigenvalue weighted by atomic mass is 35.5. The van der Waals surface area contributed by atoms with Gasteiger partial charge in [-0.25, -0.2) is 0 Å². The molecule has 84 valence electrons. The maximum atomic E-state index is 6.14. The van der Waals surface area contributed by atoms with Crippen LogP contribution in [0.3, 0.4) is 0 Å². The summed E-state index contributed by atoms with van der Waals surface area (Å²) in [5.74, 6) is 0.769. The lowest BCUT2D eigenvalue weighted by molar-refractivity contribution is 0.876. The van der Waals surface area contributed by atoms with E-state index in [1.807, 2.05) is 37.3 Å². The van der Waals surface area contributed by atoms with Crippen molar-refractivity contribution >= 4 is 17.2 Å². The van der Waals surface area contributed by atoms with Crippen molar-refractivity contribution < 1.29 is 0 Å². The van der Waals surface area contributed by atoms with E-state index in [1.54, 1.807) is 10.7 Å². The minimum absolute atomic E-state index is 0.704. The van der Waals surface area contributed by atoms with E-state index in [4.69, 9.17) is 11.6 Å². The zero-order chi connectivity index (χ0) is 11.8. The summed E-state index contributed by atoms with van der Waals surface area (Å²) in [7, 11) is 0. The highest BCUT2D eigenvalue weighted by Gasteiger charge is 2.07. The highest BCUT2D eigenvalue weighted by Crippen LogP contribution is 2.27. The van der Waals surface area contributed by atoms with Crippen LogP contribution in [0.25, 0.3) is 16.8 Å². The molecule has 0 aliphatic heterocycles. The molecule has 0 bridgehead atoms. The lowest BCUT2D eigenvalue weighted by Gasteiger charge is -2.03. The van der Waals surface area contributed by atoms with Crippen LogP contribution < -0.4 is 0 Å². The Morgan fingerprint density at radius 1 is 1.18 bits per heavy atom. The number of nitrogens with zero attached hydrogens (tertiary/aromatic N) is 4. The Morgan fingerprint density at radius 3 is 2.82 bits per heavy atom. The van der Waals surface area contributed by atoms with Crippen molar-refractivity contribution in [1.82, 2.24) is 19.8 Å². The van der Waals surface area contributed by atoms with Gasteiger partial charge in [0.05, 0.1) is 6.20 Å². The number of aryl methyl sites for hydroxylation is 1. The van der Waals surface area contributed by atoms with Crippen molar-refractivity contribution in [2.24, 2.45) is 0 Å². The SMILES string of the molecule is Cc1nnc2cc(-c3ccccc3Cl)cnn12. The van der Waals surface area contributed by atoms with Gasteiger partial charge in [-0.2, -0.15) is 9.61 Å². The Bertz CT molecular complexity index is 690. The molecule has 4 nitrogen and oxygen atoms in total. The van der Waals surface area contributed by atoms with Crippen molar-refractivity contribution in [3.8, 4) is 11.1 Å². The molecule has 0 amide bonds. The monoisotopic (exact) mass is 244 g/mol. The average Bonchev–Trinajstić information content (AvgIpc) is 2.71. The summed E-state index contributed by atoms with van der Waals surface area (Å²) in [6.45, 7) is 1.86. The molecule has 0 aliphatic carbocycles. The molecular formula is C12H9ClN4. The Kier molecular flexibility index (Phi) is 2.30. The number of rotatable bonds is 1. The third-order valence-corrected chi connectivity index (χ3v) is 2.93. The first kappa shape index (κ1) is 10.2. The van der Waals surface area contributed by atoms with E-state index < -0.39 is 0 Å². The second-order valence-corrected chi connectivity index (χ2v) is 4.15. The molecule has 3 rings (SSSR count). The van der Waals surface area contributed by atoms with E-state index in [0.29, 0.717) is 5.02 Å². The molecule has 2 heterocycles. The van der Waals surface area contributed by atoms with E-state index in [-0.39, 0.29) is 0 Å². The minimum atomic E-state index is 0.704. The molecule has 0 atom stereocenters. The Balaban J connectivity index is 2.22. The zero-order valence-electron chi connectivity index (χ0n) is 9.13. The van der Waals surface area contributed by atoms with Gasteiger partial charge < -0.3 is 0 Å². The second kappa shape index (κ2) is 3.82. The van der Waals surface area contributed by atoms with Crippen molar-refractivity contribution in [1.29, 1.82) is 0 Å². The maximum Gasteiger partial charge on any atom is 0.178 e. The number of hydrogen-bond acceptors (Lipinski definition) is 3. The lowest BCUT2D eigenvalue weighted by Crippen LogP contribution is -1.94. The quantitative estimate of drug-likeness (QED) is 0.661. The van der Waals surface area contributed by atoms with Gasteiger partial charge in [-0.3, -0.25) is 0 Å². The number of aromatic nitrogens is 4. The summed E-state index contributed by atoms with van der Waals surface area (Å²) in [6, 6.07) is 9.59. The van der Waals surface area contributed by atoms with Gasteiger partial charge in [-0.1, -0.05) is 29.8 Å². The molecule has 0 aliphatic rings. The Labute approximate surface area is 103 Å². The van der Waals surface area contributed by atoms with Crippen LogP contribution in [0.1, 0.15) is 5.82 Å². The largest absolute Gasteiger partial charge is 0.198 e. The average molecular weight is 245 g/mol. The van der Waals surface area contributed by atoms with Gasteiger partial charge >= 0.3 is 0 Å². The number of hydrogen-bond donors (Lipinski definition) is 0. The van der Waals surface area contributed by atoms with E-state index >= 15 is 0 Å². The zero-order valence-corrected chi connectivity index (χ0v) is 9.89. The summed E-state index contributed by atoms with van der Waals surface area (Å²) < 4.78 is 1.69. The fourth-order valence-corrected chi connectivity index (χ4v) is 1.99. The summed E-state index contributed by atoms with van der Waals surface area (Å²) in [5, 5.41) is 13.0. The van der Waals surface area contributed by atoms with Crippen LogP contribution in [-0.2, 0) is 0 Å². The first-order valence-electron chi connectivity index (χ1n) is 5.18. The predicted octanol–water partition coefficient (Wildman–Crippen LogP) is 2.75. The van der Waals surface area contributed by atoms with Crippen molar-refractivity contribution in [2.75, 3.05) is 0 Å². The fraction of sp³-hybridized carbons (Fsp3) is 0.0833. The normalized spacial score (nSPS) is 10.9. The molecular weight excluding hydrogens is 236 g/mol. The van der Waals surface area contributed by atoms with Gasteiger partial charge in [-0.05, 0) is 19.1 Å². The maximum absolute atomic E-state index is 6.14. The molecule has 0 saturated carbocycles. The van der Waals surface area contributed by atoms with E-state index in [2.05, 4.69) is 15.3 Å². The first-order valence-corrected chi connectivity index (χ1v) is 5.56. The summed E-state index contributed by atoms with van der Waals surface area (Å²) in [4.78, 5) is 0. The highest BCUT2D eigenvalue weighted by molar-refractivity contribution is 6.33. The molecule has 3 aromatic rings. The van der Waals surface area contributed by atoms with Gasteiger partial charge in [0.1, 0.15) is 0 Å². The lowest BCUT2D eigenvalue weighted by atomic mass is 10.1. The molecule has 0 fully saturated rings. The van der Waals surface area contributed by atoms with E-state index in [1.165, 1.54) is 0 Å². The Morgan fingerprint density at radius 2 is 2.00 bits per heavy atom. The summed E-state index contributed by atoms with van der Waals surface area (Å²) in [6.07, 6.45) is 1.77. The molecule has 0 N–H and O–H groups in total. The van der Waals surface area contributed by atoms with Crippen molar-refractivity contribution in [3.63, 3.8) is 0 Å². The van der Waals surface area contributed by atoms with Crippen LogP contribution in [0.2, 0.25) is 5.02 Å². The van der Waals surface area contributed by atoms with Crippen molar-refractivity contribution in [2.45, 2.75) is 6.92 Å². The van der Waals surface area contributed by atoms with Crippen molar-refractivity contribution in [3.05, 3.63) is 47.4 Å². The summed E-state index contributed by atoms with van der Waals surface area (Å²) in [5.41, 5.74) is 2.61. The van der Waals surface area contributed by atoms with Crippen LogP contribution >= 0.6 is 11.6 Å². The topological polar surface area (TPSA) is 43.1 Å². The van der Waals surface area contributed by atoms with Gasteiger partial charge in [-0.15, -0.1) is 10.2 Å². The van der Waals surface area contributed by atoms with Gasteiger partial charge in [0.15, 0.2) is 11.5 Å². The molecule has 2 aromatic heterocycles. The van der Waals surface area contributed by atoms with Crippen LogP contribution in [0.5, 0.6) is 0 Å². The van der Waals surface area contributed by atoms with Crippen LogP contribution in [0.4, 0.5) is 0 Å². The standard InChI is InChI=1S/C12H9ClN4/c1-8-15-16-12-6-9(7-14-17(8)12)10-4-2-3-5-11(10)13/h2-7H,1H3. The van der Waals surface area contributed by atoms with Gasteiger partial charge in [0, 0.05) is 16.1 Å². The van der Waals surface area contributed by atoms with Gasteiger partial charge in [0.25, 0.3) is 0 Å². The number of fused-ring (bicyclic) bond motifs is 1. The van der Waals surface area contributed by atoms with Crippen LogP contribution in [0, 0.1) is 6.92 Å². The fourth-order valence-electron chi connectivity index (χ4n) is 1.75. The van der Waals surface area contributed by atoms with Gasteiger partial charge in [0.2, 0.25) is 0 Å². The third-order valence-electron chi connectivity index (χ3n) is 2.60. The predicted molar refractivity (Wildman–Crippen MR) is 66.0 cm³/mol. The molecule has 1 aromatic carbocycles. The second-order valence-electron chi connectivity index (χ2n) is 3.74. The van der Waals surface area contributed by atoms with E-state index in [9.17, 15) is 0 Å². The molecule has 0 spiro atoms. The smallest absolute Gasteiger partial charge is 0.178 e. The number of halogens is 1. The molecule has 0 radical (unpaired) electrons. The molecule has 0 saturated heterocycles. The molecule has 0 unspecified atom stereocenters. The minimum Gasteiger partial charge on any atom is -0.198 e. The molecule has 17 heavy (non-hydrogen) atoms. The van der Waals surface area contributed by atoms with Crippen LogP contribution in [0.15, 0.2) is 36.5 Å². The van der Waals surface area contributed by atoms with Crippen LogP contribution in [-0.4, -0.2) is 19.8 Å². The molecule has 5 heteroatoms. The first-order chi connectivity index (χ1) is 8.25. The Hall–Kier alpha value is -1.94. The third kappa shape index (κ3) is 1.66.